The fraction of sp³-hybridized carbons (Fsp3) is 0.273. The van der Waals surface area contributed by atoms with Gasteiger partial charge in [0.1, 0.15) is 0 Å². The lowest BCUT2D eigenvalue weighted by Crippen LogP contribution is -2.26. The van der Waals surface area contributed by atoms with Crippen LogP contribution in [-0.2, 0) is 16.7 Å². The van der Waals surface area contributed by atoms with Crippen molar-refractivity contribution in [3.8, 4) is 0 Å². The number of oxime groups is 2. The van der Waals surface area contributed by atoms with Gasteiger partial charge in [0.25, 0.3) is 0 Å². The molecule has 0 aliphatic rings. The van der Waals surface area contributed by atoms with Crippen LogP contribution in [0.5, 0.6) is 0 Å². The van der Waals surface area contributed by atoms with Crippen LogP contribution in [0.25, 0.3) is 21.8 Å². The molecule has 0 N–H and O–H groups in total. The van der Waals surface area contributed by atoms with Gasteiger partial charge in [-0.25, -0.2) is 19.4 Å². The number of amides is 2. The minimum atomic E-state index is -0.590. The van der Waals surface area contributed by atoms with Gasteiger partial charge in [-0.2, -0.15) is 0 Å². The zero-order valence-corrected chi connectivity index (χ0v) is 37.7. The molecule has 0 bridgehead atoms. The third-order valence-electron chi connectivity index (χ3n) is 12.0. The van der Waals surface area contributed by atoms with Crippen LogP contribution >= 0.6 is 0 Å². The number of unbranched alkanes of at least 4 members (excludes halogenated alkanes) is 2. The Kier molecular flexibility index (Phi) is 15.4. The molecule has 0 saturated heterocycles. The number of anilines is 4. The molecule has 0 fully saturated rings. The molecule has 9 nitrogen and oxygen atoms in total. The second-order valence-electron chi connectivity index (χ2n) is 16.2. The Balaban J connectivity index is 1.30. The zero-order valence-electron chi connectivity index (χ0n) is 37.7. The smallest absolute Gasteiger partial charge is 0.344 e. The van der Waals surface area contributed by atoms with Gasteiger partial charge in [-0.3, -0.25) is 9.68 Å². The van der Waals surface area contributed by atoms with Gasteiger partial charge in [0.05, 0.1) is 34.2 Å². The fourth-order valence-corrected chi connectivity index (χ4v) is 8.52. The van der Waals surface area contributed by atoms with Crippen LogP contribution in [0, 0.1) is 11.8 Å². The van der Waals surface area contributed by atoms with Crippen molar-refractivity contribution in [2.75, 3.05) is 9.80 Å². The van der Waals surface area contributed by atoms with Gasteiger partial charge in [-0.15, -0.1) is 0 Å². The Morgan fingerprint density at radius 2 is 0.828 bits per heavy atom. The number of aryl methyl sites for hydroxylation is 1. The summed E-state index contributed by atoms with van der Waals surface area (Å²) in [7, 11) is 2.08. The second kappa shape index (κ2) is 21.9. The van der Waals surface area contributed by atoms with Crippen molar-refractivity contribution in [1.82, 2.24) is 4.57 Å². The summed E-state index contributed by atoms with van der Waals surface area (Å²) in [6.45, 7) is 8.70. The molecule has 328 valence electrons. The number of carbonyl (C=O) groups excluding carboxylic acids is 2. The molecule has 2 atom stereocenters. The summed E-state index contributed by atoms with van der Waals surface area (Å²) in [5.41, 5.74) is 8.11. The molecular weight excluding hydrogens is 795 g/mol. The van der Waals surface area contributed by atoms with E-state index in [1.807, 2.05) is 121 Å². The molecule has 64 heavy (non-hydrogen) atoms. The summed E-state index contributed by atoms with van der Waals surface area (Å²) < 4.78 is 2.20. The Hall–Kier alpha value is -7.00. The van der Waals surface area contributed by atoms with Crippen molar-refractivity contribution in [2.24, 2.45) is 29.2 Å². The number of fused-ring (bicyclic) bond motifs is 3. The summed E-state index contributed by atoms with van der Waals surface area (Å²) in [5.74, 6) is 0.113. The fourth-order valence-electron chi connectivity index (χ4n) is 8.52. The second-order valence-corrected chi connectivity index (χ2v) is 16.2. The Bertz CT molecular complexity index is 2420. The maximum Gasteiger partial charge on any atom is 0.445 e. The van der Waals surface area contributed by atoms with Crippen molar-refractivity contribution in [1.29, 1.82) is 0 Å². The van der Waals surface area contributed by atoms with Crippen LogP contribution in [0.3, 0.4) is 0 Å². The quantitative estimate of drug-likeness (QED) is 0.0488. The van der Waals surface area contributed by atoms with Gasteiger partial charge in [0.15, 0.2) is 0 Å². The predicted octanol–water partition coefficient (Wildman–Crippen LogP) is 15.1. The highest BCUT2D eigenvalue weighted by molar-refractivity contribution is 6.15. The molecule has 7 aromatic rings. The first-order chi connectivity index (χ1) is 31.4. The molecule has 7 rings (SSSR count). The molecule has 0 radical (unpaired) electrons. The number of hydrogen-bond donors (Lipinski definition) is 0. The van der Waals surface area contributed by atoms with Crippen LogP contribution in [0.1, 0.15) is 90.2 Å². The standard InChI is InChI=1S/C55H59N5O4/c1-6-10-24-40(8-3)52(56-63-54(61)59(44-26-16-12-17-27-44)45-28-18-13-19-29-45)42-34-36-50-48(38-42)49-39-43(35-37-51(49)58(50)5)53(41(9-4)25-11-7-2)57-64-55(62)60(46-30-20-14-21-31-46)47-32-22-15-23-33-47/h12-23,26-41H,6-11,24-25H2,1-5H3/b56-52+,57-53+. The topological polar surface area (TPSA) is 88.7 Å². The van der Waals surface area contributed by atoms with Gasteiger partial charge in [-0.05, 0) is 98.5 Å². The minimum Gasteiger partial charge on any atom is -0.344 e. The number of carbonyl (C=O) groups is 2. The lowest BCUT2D eigenvalue weighted by atomic mass is 9.88. The van der Waals surface area contributed by atoms with Gasteiger partial charge in [0.2, 0.25) is 0 Å². The van der Waals surface area contributed by atoms with E-state index in [1.54, 1.807) is 9.80 Å². The summed E-state index contributed by atoms with van der Waals surface area (Å²) in [6, 6.07) is 50.7. The number of benzene rings is 6. The molecule has 2 unspecified atom stereocenters. The maximum absolute atomic E-state index is 14.1. The molecule has 0 aliphatic heterocycles. The van der Waals surface area contributed by atoms with Crippen LogP contribution in [0.15, 0.2) is 168 Å². The maximum atomic E-state index is 14.1. The monoisotopic (exact) mass is 853 g/mol. The average molecular weight is 854 g/mol. The third-order valence-corrected chi connectivity index (χ3v) is 12.0. The number of hydrogen-bond acceptors (Lipinski definition) is 6. The Morgan fingerprint density at radius 3 is 1.12 bits per heavy atom. The third kappa shape index (κ3) is 10.3. The van der Waals surface area contributed by atoms with Gasteiger partial charge in [-0.1, -0.05) is 149 Å². The first kappa shape index (κ1) is 45.0. The van der Waals surface area contributed by atoms with E-state index >= 15 is 0 Å². The SMILES string of the molecule is CCCCC(CC)/C(=N\OC(=O)N(c1ccccc1)c1ccccc1)c1ccc2c(c1)c1cc(/C(=N/OC(=O)N(c3ccccc3)c3ccccc3)C(CC)CCCC)ccc1n2C. The molecule has 0 spiro atoms. The highest BCUT2D eigenvalue weighted by atomic mass is 16.7. The van der Waals surface area contributed by atoms with E-state index in [2.05, 4.69) is 75.7 Å². The molecule has 9 heteroatoms. The normalized spacial score (nSPS) is 12.8. The zero-order chi connectivity index (χ0) is 44.8. The van der Waals surface area contributed by atoms with E-state index in [1.165, 1.54) is 0 Å². The number of aromatic nitrogens is 1. The highest BCUT2D eigenvalue weighted by Gasteiger charge is 2.26. The Labute approximate surface area is 377 Å². The lowest BCUT2D eigenvalue weighted by molar-refractivity contribution is 0.159. The van der Waals surface area contributed by atoms with Crippen LogP contribution in [0.2, 0.25) is 0 Å². The molecule has 1 aromatic heterocycles. The van der Waals surface area contributed by atoms with Crippen LogP contribution in [0.4, 0.5) is 32.3 Å². The molecule has 6 aromatic carbocycles. The van der Waals surface area contributed by atoms with Crippen molar-refractivity contribution in [3.63, 3.8) is 0 Å². The molecule has 0 aliphatic carbocycles. The van der Waals surface area contributed by atoms with Crippen LogP contribution < -0.4 is 9.80 Å². The first-order valence-electron chi connectivity index (χ1n) is 22.8. The number of nitrogens with zero attached hydrogens (tertiary/aromatic N) is 5. The summed E-state index contributed by atoms with van der Waals surface area (Å²) in [5, 5.41) is 11.5. The molecule has 0 saturated carbocycles. The summed E-state index contributed by atoms with van der Waals surface area (Å²) in [4.78, 5) is 43.1. The molecular formula is C55H59N5O4. The molecule has 2 amide bonds. The average Bonchev–Trinajstić information content (AvgIpc) is 3.62. The minimum absolute atomic E-state index is 0.0567. The van der Waals surface area contributed by atoms with E-state index in [-0.39, 0.29) is 11.8 Å². The Morgan fingerprint density at radius 1 is 0.500 bits per heavy atom. The van der Waals surface area contributed by atoms with Crippen molar-refractivity contribution in [3.05, 3.63) is 169 Å². The van der Waals surface area contributed by atoms with Crippen molar-refractivity contribution in [2.45, 2.75) is 79.1 Å². The molecule has 1 heterocycles. The van der Waals surface area contributed by atoms with E-state index < -0.39 is 12.2 Å². The van der Waals surface area contributed by atoms with E-state index in [4.69, 9.17) is 20.0 Å². The number of rotatable bonds is 18. The van der Waals surface area contributed by atoms with Gasteiger partial charge in [0, 0.05) is 51.8 Å². The lowest BCUT2D eigenvalue weighted by Gasteiger charge is -2.22. The van der Waals surface area contributed by atoms with Gasteiger partial charge < -0.3 is 4.57 Å². The van der Waals surface area contributed by atoms with Gasteiger partial charge >= 0.3 is 12.2 Å². The first-order valence-corrected chi connectivity index (χ1v) is 22.8. The highest BCUT2D eigenvalue weighted by Crippen LogP contribution is 2.34. The van der Waals surface area contributed by atoms with E-state index in [0.717, 1.165) is 95.7 Å². The van der Waals surface area contributed by atoms with E-state index in [9.17, 15) is 9.59 Å². The summed E-state index contributed by atoms with van der Waals surface area (Å²) >= 11 is 0. The summed E-state index contributed by atoms with van der Waals surface area (Å²) in [6.07, 6.45) is 6.40. The van der Waals surface area contributed by atoms with Crippen molar-refractivity contribution < 1.29 is 19.3 Å². The van der Waals surface area contributed by atoms with Crippen LogP contribution in [-0.4, -0.2) is 28.2 Å². The van der Waals surface area contributed by atoms with Crippen molar-refractivity contribution >= 4 is 68.2 Å². The predicted molar refractivity (Wildman–Crippen MR) is 263 cm³/mol. The largest absolute Gasteiger partial charge is 0.445 e. The number of para-hydroxylation sites is 4. The van der Waals surface area contributed by atoms with E-state index in [0.29, 0.717) is 22.7 Å².